The molecule has 158 valence electrons. The van der Waals surface area contributed by atoms with Gasteiger partial charge >= 0.3 is 0 Å². The number of nitrogens with zero attached hydrogens (tertiary/aromatic N) is 7. The maximum atomic E-state index is 12.9. The molecule has 0 N–H and O–H groups in total. The van der Waals surface area contributed by atoms with Gasteiger partial charge in [-0.1, -0.05) is 6.07 Å². The fourth-order valence-corrected chi connectivity index (χ4v) is 4.07. The Morgan fingerprint density at radius 1 is 1.03 bits per heavy atom. The number of carbonyl (C=O) groups is 2. The first kappa shape index (κ1) is 19.3. The summed E-state index contributed by atoms with van der Waals surface area (Å²) in [6.07, 6.45) is 3.33. The molecule has 0 bridgehead atoms. The maximum absolute atomic E-state index is 12.9. The Balaban J connectivity index is 1.28. The number of piperazine rings is 1. The van der Waals surface area contributed by atoms with Gasteiger partial charge in [0.2, 0.25) is 5.78 Å². The molecule has 3 aromatic heterocycles. The van der Waals surface area contributed by atoms with E-state index < -0.39 is 11.6 Å². The largest absolute Gasteiger partial charge is 0.691 e. The van der Waals surface area contributed by atoms with Crippen molar-refractivity contribution in [3.8, 4) is 0 Å². The summed E-state index contributed by atoms with van der Waals surface area (Å²) >= 11 is 0. The Kier molecular flexibility index (Phi) is 4.70. The summed E-state index contributed by atoms with van der Waals surface area (Å²) in [6, 6.07) is 7.16. The summed E-state index contributed by atoms with van der Waals surface area (Å²) in [5.41, 5.74) is 1.15. The molecule has 0 radical (unpaired) electrons. The van der Waals surface area contributed by atoms with Gasteiger partial charge in [-0.3, -0.25) is 19.5 Å². The van der Waals surface area contributed by atoms with Crippen LogP contribution in [0.1, 0.15) is 37.8 Å². The van der Waals surface area contributed by atoms with Gasteiger partial charge in [-0.2, -0.15) is 0 Å². The van der Waals surface area contributed by atoms with Crippen molar-refractivity contribution in [2.24, 2.45) is 0 Å². The van der Waals surface area contributed by atoms with Crippen LogP contribution in [0.4, 0.5) is 5.82 Å². The molecule has 5 rings (SSSR count). The van der Waals surface area contributed by atoms with E-state index in [2.05, 4.69) is 31.0 Å². The van der Waals surface area contributed by atoms with E-state index in [4.69, 9.17) is 0 Å². The average Bonchev–Trinajstić information content (AvgIpc) is 3.13. The van der Waals surface area contributed by atoms with Crippen molar-refractivity contribution < 1.29 is 14.4 Å². The average molecular weight is 419 g/mol. The molecule has 1 aliphatic heterocycles. The van der Waals surface area contributed by atoms with Gasteiger partial charge in [-0.15, -0.1) is 9.53 Å². The molecule has 1 aliphatic carbocycles. The molecule has 1 fully saturated rings. The van der Waals surface area contributed by atoms with Crippen molar-refractivity contribution in [3.63, 3.8) is 0 Å². The van der Waals surface area contributed by atoms with Gasteiger partial charge in [0, 0.05) is 45.1 Å². The summed E-state index contributed by atoms with van der Waals surface area (Å²) in [6.45, 7) is 6.29. The molecule has 0 unspecified atom stereocenters. The van der Waals surface area contributed by atoms with E-state index in [9.17, 15) is 14.8 Å². The minimum absolute atomic E-state index is 0.0219. The van der Waals surface area contributed by atoms with Crippen LogP contribution in [0.25, 0.3) is 0 Å². The van der Waals surface area contributed by atoms with E-state index in [0.29, 0.717) is 13.1 Å². The van der Waals surface area contributed by atoms with Crippen molar-refractivity contribution in [3.05, 3.63) is 70.1 Å². The van der Waals surface area contributed by atoms with Crippen molar-refractivity contribution in [2.45, 2.75) is 13.5 Å². The monoisotopic (exact) mass is 419 g/mol. The van der Waals surface area contributed by atoms with Gasteiger partial charge in [-0.05, 0) is 30.7 Å². The van der Waals surface area contributed by atoms with Crippen LogP contribution >= 0.6 is 0 Å². The summed E-state index contributed by atoms with van der Waals surface area (Å²) in [4.78, 5) is 38.9. The smallest absolute Gasteiger partial charge is 0.258 e. The quantitative estimate of drug-likeness (QED) is 0.341. The highest BCUT2D eigenvalue weighted by Crippen LogP contribution is 2.23. The van der Waals surface area contributed by atoms with E-state index in [1.807, 2.05) is 19.2 Å². The molecule has 4 heterocycles. The van der Waals surface area contributed by atoms with Crippen LogP contribution in [0.15, 0.2) is 36.7 Å². The van der Waals surface area contributed by atoms with E-state index >= 15 is 0 Å². The predicted molar refractivity (Wildman–Crippen MR) is 110 cm³/mol. The third-order valence-electron chi connectivity index (χ3n) is 5.78. The van der Waals surface area contributed by atoms with Gasteiger partial charge in [0.25, 0.3) is 17.2 Å². The summed E-state index contributed by atoms with van der Waals surface area (Å²) in [7, 11) is 0. The summed E-state index contributed by atoms with van der Waals surface area (Å²) in [5, 5.41) is 16.2. The van der Waals surface area contributed by atoms with E-state index in [1.54, 1.807) is 6.07 Å². The molecule has 3 aromatic rings. The molecule has 0 amide bonds. The second kappa shape index (κ2) is 7.55. The Bertz CT molecular complexity index is 1160. The molecule has 0 atom stereocenters. The number of hydrogen-bond donors (Lipinski definition) is 0. The highest BCUT2D eigenvalue weighted by molar-refractivity contribution is 6.25. The van der Waals surface area contributed by atoms with Gasteiger partial charge in [0.05, 0.1) is 10.8 Å². The molecular formula is C21H21N7O3. The van der Waals surface area contributed by atoms with E-state index in [-0.39, 0.29) is 27.5 Å². The zero-order valence-electron chi connectivity index (χ0n) is 17.1. The molecular weight excluding hydrogens is 398 g/mol. The number of hydrogen-bond acceptors (Lipinski definition) is 8. The molecule has 0 saturated carbocycles. The molecule has 2 aliphatic rings. The number of ketones is 2. The maximum Gasteiger partial charge on any atom is 0.258 e. The number of fused-ring (bicyclic) bond motifs is 2. The fourth-order valence-electron chi connectivity index (χ4n) is 4.07. The van der Waals surface area contributed by atoms with Crippen LogP contribution in [0.5, 0.6) is 0 Å². The molecule has 0 aromatic carbocycles. The van der Waals surface area contributed by atoms with Crippen LogP contribution in [-0.4, -0.2) is 69.1 Å². The summed E-state index contributed by atoms with van der Waals surface area (Å²) in [5.74, 6) is 0.00907. The third kappa shape index (κ3) is 3.34. The molecule has 0 spiro atoms. The molecule has 10 heteroatoms. The first-order valence-corrected chi connectivity index (χ1v) is 10.2. The van der Waals surface area contributed by atoms with Gasteiger partial charge in [0.1, 0.15) is 18.1 Å². The molecule has 10 nitrogen and oxygen atoms in total. The molecule has 1 saturated heterocycles. The normalized spacial score (nSPS) is 16.4. The van der Waals surface area contributed by atoms with E-state index in [1.165, 1.54) is 16.9 Å². The SMILES string of the molecule is Cc1ccc(N2CCN(CCn3n[n+]([O-])c4c3C(=O)c3ncccc3C4=O)CC2)nc1. The number of rotatable bonds is 4. The second-order valence-corrected chi connectivity index (χ2v) is 7.76. The Hall–Kier alpha value is -3.66. The van der Waals surface area contributed by atoms with Crippen LogP contribution in [0, 0.1) is 12.1 Å². The van der Waals surface area contributed by atoms with Crippen molar-refractivity contribution >= 4 is 17.4 Å². The molecule has 31 heavy (non-hydrogen) atoms. The lowest BCUT2D eigenvalue weighted by Crippen LogP contribution is -2.47. The number of aromatic nitrogens is 5. The van der Waals surface area contributed by atoms with Gasteiger partial charge in [-0.25, -0.2) is 4.98 Å². The third-order valence-corrected chi connectivity index (χ3v) is 5.78. The lowest BCUT2D eigenvalue weighted by atomic mass is 9.94. The zero-order chi connectivity index (χ0) is 21.5. The van der Waals surface area contributed by atoms with Crippen molar-refractivity contribution in [2.75, 3.05) is 37.6 Å². The first-order valence-electron chi connectivity index (χ1n) is 10.2. The number of aryl methyl sites for hydroxylation is 1. The number of pyridine rings is 2. The Labute approximate surface area is 178 Å². The van der Waals surface area contributed by atoms with Crippen molar-refractivity contribution in [1.82, 2.24) is 24.8 Å². The Morgan fingerprint density at radius 3 is 2.58 bits per heavy atom. The van der Waals surface area contributed by atoms with Crippen LogP contribution in [-0.2, 0) is 6.54 Å². The lowest BCUT2D eigenvalue weighted by Gasteiger charge is -2.35. The standard InChI is InChI=1S/C21H21N7O3/c1-14-4-5-16(23-13-14)26-10-7-25(8-11-26)9-12-27-18-19(28(31)24-27)20(29)15-3-2-6-22-17(15)21(18)30/h2-6,13H,7-12H2,1H3. The highest BCUT2D eigenvalue weighted by atomic mass is 16.5. The fraction of sp³-hybridized carbons (Fsp3) is 0.333. The first-order chi connectivity index (χ1) is 15.0. The van der Waals surface area contributed by atoms with Gasteiger partial charge in [0.15, 0.2) is 0 Å². The predicted octanol–water partition coefficient (Wildman–Crippen LogP) is 0.213. The Morgan fingerprint density at radius 2 is 1.84 bits per heavy atom. The number of anilines is 1. The van der Waals surface area contributed by atoms with E-state index in [0.717, 1.165) is 37.6 Å². The topological polar surface area (TPSA) is 111 Å². The van der Waals surface area contributed by atoms with Crippen LogP contribution < -0.4 is 9.75 Å². The number of carbonyl (C=O) groups excluding carboxylic acids is 2. The lowest BCUT2D eigenvalue weighted by molar-refractivity contribution is -0.672. The summed E-state index contributed by atoms with van der Waals surface area (Å²) < 4.78 is 1.34. The zero-order valence-corrected chi connectivity index (χ0v) is 17.1. The highest BCUT2D eigenvalue weighted by Gasteiger charge is 2.42. The van der Waals surface area contributed by atoms with Crippen LogP contribution in [0.2, 0.25) is 0 Å². The minimum Gasteiger partial charge on any atom is -0.691 e. The minimum atomic E-state index is -0.516. The second-order valence-electron chi connectivity index (χ2n) is 7.76. The van der Waals surface area contributed by atoms with Crippen molar-refractivity contribution in [1.29, 1.82) is 0 Å². The van der Waals surface area contributed by atoms with Gasteiger partial charge < -0.3 is 10.1 Å². The van der Waals surface area contributed by atoms with Crippen LogP contribution in [0.3, 0.4) is 0 Å².